The number of hydrogen-bond acceptors (Lipinski definition) is 23. The topological polar surface area (TPSA) is 134 Å². The maximum atomic E-state index is 5.75. The molecule has 148 heavy (non-hydrogen) atoms. The fourth-order valence-electron chi connectivity index (χ4n) is 17.6. The Hall–Kier alpha value is -9.38. The van der Waals surface area contributed by atoms with E-state index in [1.165, 1.54) is 211 Å². The lowest BCUT2D eigenvalue weighted by molar-refractivity contribution is 0.0563. The molecule has 0 aromatic heterocycles. The van der Waals surface area contributed by atoms with Crippen molar-refractivity contribution in [2.45, 2.75) is 133 Å². The molecule has 0 N–H and O–H groups in total. The van der Waals surface area contributed by atoms with Crippen LogP contribution in [0.5, 0.6) is 40.2 Å². The zero-order valence-electron chi connectivity index (χ0n) is 94.4. The fraction of sp³-hybridized carbons (Fsp3) is 0.568. The molecule has 0 aliphatic carbocycles. The number of benzene rings is 9. The van der Waals surface area contributed by atoms with Crippen LogP contribution in [0.4, 0.5) is 11.4 Å². The van der Waals surface area contributed by atoms with Gasteiger partial charge in [0, 0.05) is 202 Å². The Morgan fingerprint density at radius 3 is 0.784 bits per heavy atom. The van der Waals surface area contributed by atoms with Crippen molar-refractivity contribution in [3.05, 3.63) is 268 Å². The summed E-state index contributed by atoms with van der Waals surface area (Å²) >= 11 is 0. The molecule has 818 valence electrons. The van der Waals surface area contributed by atoms with Crippen LogP contribution in [0.2, 0.25) is 0 Å². The van der Waals surface area contributed by atoms with E-state index in [4.69, 9.17) is 47.4 Å². The lowest BCUT2D eigenvalue weighted by Gasteiger charge is -2.36. The highest BCUT2D eigenvalue weighted by Gasteiger charge is 2.22. The largest absolute Gasteiger partial charge is 0.494 e. The third-order valence-corrected chi connectivity index (χ3v) is 28.2. The van der Waals surface area contributed by atoms with Crippen molar-refractivity contribution >= 4 is 11.4 Å². The minimum absolute atomic E-state index is 0.617. The Kier molecular flexibility index (Phi) is 60.9. The third kappa shape index (κ3) is 55.1. The van der Waals surface area contributed by atoms with Gasteiger partial charge in [-0.15, -0.1) is 0 Å². The smallest absolute Gasteiger partial charge is 0.119 e. The molecule has 7 fully saturated rings. The van der Waals surface area contributed by atoms with Gasteiger partial charge in [0.2, 0.25) is 0 Å². The molecule has 0 amide bonds. The first-order valence-electron chi connectivity index (χ1n) is 55.9. The molecule has 9 aromatic carbocycles. The number of likely N-dealkylation sites (N-methyl/N-ethyl adjacent to an activating group) is 5. The van der Waals surface area contributed by atoms with E-state index >= 15 is 0 Å². The zero-order chi connectivity index (χ0) is 105. The van der Waals surface area contributed by atoms with Crippen LogP contribution in [0.15, 0.2) is 218 Å². The van der Waals surface area contributed by atoms with Crippen LogP contribution in [0, 0.1) is 68.2 Å². The van der Waals surface area contributed by atoms with Crippen molar-refractivity contribution in [3.8, 4) is 40.2 Å². The summed E-state index contributed by atoms with van der Waals surface area (Å²) in [5.41, 5.74) is 14.2. The molecule has 7 heterocycles. The average molecular weight is 2040 g/mol. The number of ether oxygens (including phenoxy) is 10. The molecule has 0 atom stereocenters. The van der Waals surface area contributed by atoms with Gasteiger partial charge in [-0.3, -0.25) is 14.7 Å². The van der Waals surface area contributed by atoms with Crippen LogP contribution < -0.4 is 43.0 Å². The SMILES string of the molecule is COCCOCCN1CCN(c2ccc(C)cc2)CC1.Cc1ccc(N2CCN(C)CC2)cc1.Cc1ccc(OCCCCCN2CCN(C)CC2)cc1.Cc1ccc(OCCCCN2CCN(C)CC2)cc1.Cc1ccc(OCCCCOc2cccc(C)c2)cc1.Cc1ccc(OCCCN2CCN(C)CC2)cc1.Cc1ccc(OCCN2CCC(C)CC2)cc1.Cc1ccc(OCCOCCN2CCN(C)CC2)cc1. The maximum Gasteiger partial charge on any atom is 0.119 e. The summed E-state index contributed by atoms with van der Waals surface area (Å²) in [5, 5.41) is 0. The number of methoxy groups -OCH3 is 1. The Bertz CT molecular complexity index is 4670. The number of anilines is 2. The van der Waals surface area contributed by atoms with E-state index < -0.39 is 0 Å². The van der Waals surface area contributed by atoms with E-state index in [1.54, 1.807) is 7.11 Å². The van der Waals surface area contributed by atoms with Gasteiger partial charge >= 0.3 is 0 Å². The minimum atomic E-state index is 0.617. The Morgan fingerprint density at radius 2 is 0.446 bits per heavy atom. The molecule has 23 nitrogen and oxygen atoms in total. The average Bonchev–Trinajstić information content (AvgIpc) is 0.859. The monoisotopic (exact) mass is 2040 g/mol. The quantitative estimate of drug-likeness (QED) is 0.0335. The van der Waals surface area contributed by atoms with Crippen molar-refractivity contribution in [2.75, 3.05) is 341 Å². The lowest BCUT2D eigenvalue weighted by atomic mass is 9.99. The van der Waals surface area contributed by atoms with Gasteiger partial charge in [-0.1, -0.05) is 161 Å². The van der Waals surface area contributed by atoms with E-state index in [-0.39, 0.29) is 0 Å². The van der Waals surface area contributed by atoms with Crippen molar-refractivity contribution in [3.63, 3.8) is 0 Å². The Morgan fingerprint density at radius 1 is 0.203 bits per heavy atom. The van der Waals surface area contributed by atoms with Crippen LogP contribution in [0.25, 0.3) is 0 Å². The number of rotatable bonds is 44. The van der Waals surface area contributed by atoms with Gasteiger partial charge in [0.1, 0.15) is 53.5 Å². The highest BCUT2D eigenvalue weighted by atomic mass is 16.5. The second-order valence-corrected chi connectivity index (χ2v) is 41.6. The summed E-state index contributed by atoms with van der Waals surface area (Å²) in [6, 6.07) is 75.2. The third-order valence-electron chi connectivity index (χ3n) is 28.2. The molecule has 23 heteroatoms. The molecule has 0 saturated carbocycles. The van der Waals surface area contributed by atoms with Gasteiger partial charge in [0.05, 0.1) is 66.1 Å². The molecule has 7 aliphatic heterocycles. The molecule has 9 aromatic rings. The fourth-order valence-corrected chi connectivity index (χ4v) is 17.6. The summed E-state index contributed by atoms with van der Waals surface area (Å²) in [6.45, 7) is 67.6. The number of unbranched alkanes of at least 4 members (excludes halogenated alkanes) is 4. The van der Waals surface area contributed by atoms with E-state index in [9.17, 15) is 0 Å². The number of piperazine rings is 6. The normalized spacial score (nSPS) is 16.6. The van der Waals surface area contributed by atoms with Crippen LogP contribution in [-0.4, -0.2) is 385 Å². The summed E-state index contributed by atoms with van der Waals surface area (Å²) < 4.78 is 56.1. The Balaban J connectivity index is 0.000000188. The number of aryl methyl sites for hydroxylation is 9. The Labute approximate surface area is 896 Å². The molecule has 7 saturated heterocycles. The number of nitrogens with zero attached hydrogens (tertiary/aromatic N) is 13. The van der Waals surface area contributed by atoms with E-state index in [0.29, 0.717) is 26.4 Å². The second-order valence-electron chi connectivity index (χ2n) is 41.6. The van der Waals surface area contributed by atoms with Crippen LogP contribution in [-0.2, 0) is 14.2 Å². The number of hydrogen-bond donors (Lipinski definition) is 0. The zero-order valence-corrected chi connectivity index (χ0v) is 94.4. The van der Waals surface area contributed by atoms with E-state index in [0.717, 1.165) is 223 Å². The molecule has 16 rings (SSSR count). The van der Waals surface area contributed by atoms with Gasteiger partial charge in [-0.2, -0.15) is 0 Å². The van der Waals surface area contributed by atoms with Crippen LogP contribution >= 0.6 is 0 Å². The maximum absolute atomic E-state index is 5.75. The van der Waals surface area contributed by atoms with Crippen LogP contribution in [0.1, 0.15) is 121 Å². The van der Waals surface area contributed by atoms with E-state index in [1.807, 2.05) is 60.7 Å². The van der Waals surface area contributed by atoms with Gasteiger partial charge in [0.25, 0.3) is 0 Å². The minimum Gasteiger partial charge on any atom is -0.494 e. The molecular formula is C125H193N13O10. The second kappa shape index (κ2) is 73.8. The van der Waals surface area contributed by atoms with Crippen molar-refractivity contribution in [1.29, 1.82) is 0 Å². The van der Waals surface area contributed by atoms with Gasteiger partial charge < -0.3 is 96.4 Å². The summed E-state index contributed by atoms with van der Waals surface area (Å²) in [6.07, 6.45) is 11.9. The highest BCUT2D eigenvalue weighted by Crippen LogP contribution is 2.24. The highest BCUT2D eigenvalue weighted by molar-refractivity contribution is 5.49. The van der Waals surface area contributed by atoms with Crippen LogP contribution in [0.3, 0.4) is 0 Å². The molecule has 0 radical (unpaired) electrons. The lowest BCUT2D eigenvalue weighted by Crippen LogP contribution is -2.47. The van der Waals surface area contributed by atoms with Gasteiger partial charge in [0.15, 0.2) is 0 Å². The first-order valence-corrected chi connectivity index (χ1v) is 55.9. The summed E-state index contributed by atoms with van der Waals surface area (Å²) in [7, 11) is 12.7. The molecule has 0 unspecified atom stereocenters. The van der Waals surface area contributed by atoms with Gasteiger partial charge in [-0.25, -0.2) is 0 Å². The molecule has 0 spiro atoms. The molecular weight excluding hydrogens is 1840 g/mol. The number of piperidine rings is 1. The van der Waals surface area contributed by atoms with Crippen molar-refractivity contribution < 1.29 is 47.4 Å². The predicted molar refractivity (Wildman–Crippen MR) is 618 cm³/mol. The standard InChI is InChI=1S/C18H22O2.C17H28N2O.2C16H26N2O2.C16H26N2O.C15H24N2O.C15H23NO.C12H18N2/c1-15-8-10-17(11-9-15)19-12-3-4-13-20-18-7-5-6-16(2)14-18;1-16-6-8-17(9-7-16)20-15-5-3-4-10-19-13-11-18(2)12-14-19;1-15-3-5-16(6-4-15)18-9-7-17(8-10-18)11-12-20-14-13-19-2;1-15-3-5-16(6-4-15)20-14-13-19-12-11-18-9-7-17(2)8-10-18;1-15-5-7-16(8-6-15)19-14-4-3-9-18-12-10-17(2)11-13-18;1-14-4-6-15(7-5-14)18-13-3-8-17-11-9-16(2)10-12-17;1-13-3-5-15(6-4-13)17-12-11-16-9-7-14(2)8-10-16;1-11-3-5-12(6-4-11)14-9-7-13(2)8-10-14/h5-11,14H,3-4,12-13H2,1-2H3;6-9H,3-5,10-15H2,1-2H3;2*3-6H,7-14H2,1-2H3;5-8H,3-4,9-14H2,1-2H3;4-7H,3,8-13H2,1-2H3;3-6,14H,7-12H2,1-2H3;3-6H,7-10H2,1-2H3. The first-order chi connectivity index (χ1) is 72.0. The van der Waals surface area contributed by atoms with E-state index in [2.05, 4.69) is 326 Å². The summed E-state index contributed by atoms with van der Waals surface area (Å²) in [4.78, 5) is 32.0. The van der Waals surface area contributed by atoms with Crippen molar-refractivity contribution in [1.82, 2.24) is 53.9 Å². The van der Waals surface area contributed by atoms with Gasteiger partial charge in [-0.05, 0) is 309 Å². The first kappa shape index (κ1) is 122. The summed E-state index contributed by atoms with van der Waals surface area (Å²) in [5.74, 6) is 7.67. The number of likely N-dealkylation sites (tertiary alicyclic amines) is 1. The molecule has 0 bridgehead atoms. The van der Waals surface area contributed by atoms with Crippen molar-refractivity contribution in [2.24, 2.45) is 5.92 Å². The predicted octanol–water partition coefficient (Wildman–Crippen LogP) is 20.0. The molecule has 7 aliphatic rings.